The predicted molar refractivity (Wildman–Crippen MR) is 90.1 cm³/mol. The summed E-state index contributed by atoms with van der Waals surface area (Å²) in [5, 5.41) is 3.21. The van der Waals surface area contributed by atoms with E-state index >= 15 is 0 Å². The molecule has 0 radical (unpaired) electrons. The van der Waals surface area contributed by atoms with E-state index in [0.717, 1.165) is 23.3 Å². The van der Waals surface area contributed by atoms with E-state index in [9.17, 15) is 0 Å². The van der Waals surface area contributed by atoms with Crippen molar-refractivity contribution in [2.24, 2.45) is 0 Å². The van der Waals surface area contributed by atoms with Crippen LogP contribution in [0.1, 0.15) is 18.3 Å². The van der Waals surface area contributed by atoms with E-state index in [2.05, 4.69) is 25.3 Å². The molecule has 3 unspecified atom stereocenters. The van der Waals surface area contributed by atoms with Crippen LogP contribution in [0.15, 0.2) is 25.0 Å². The van der Waals surface area contributed by atoms with Crippen LogP contribution in [-0.4, -0.2) is 54.7 Å². The second-order valence-corrected chi connectivity index (χ2v) is 6.43. The molecular weight excluding hydrogens is 338 g/mol. The first-order valence-electron chi connectivity index (χ1n) is 8.53. The van der Waals surface area contributed by atoms with Crippen molar-refractivity contribution >= 4 is 17.1 Å². The van der Waals surface area contributed by atoms with Crippen LogP contribution in [0.25, 0.3) is 11.2 Å². The van der Waals surface area contributed by atoms with E-state index in [1.54, 1.807) is 18.9 Å². The second-order valence-electron chi connectivity index (χ2n) is 6.43. The van der Waals surface area contributed by atoms with Gasteiger partial charge in [-0.2, -0.15) is 4.98 Å². The SMILES string of the molecule is Cc1nc(NCn2ccnc2)nc2c1ncn2C1CC2OCOCC2O1. The minimum absolute atomic E-state index is 0.0482. The maximum Gasteiger partial charge on any atom is 0.226 e. The van der Waals surface area contributed by atoms with Crippen molar-refractivity contribution in [3.63, 3.8) is 0 Å². The number of aryl methyl sites for hydroxylation is 1. The van der Waals surface area contributed by atoms with Crippen molar-refractivity contribution in [2.75, 3.05) is 18.7 Å². The fraction of sp³-hybridized carbons (Fsp3) is 0.500. The van der Waals surface area contributed by atoms with E-state index in [1.165, 1.54) is 0 Å². The van der Waals surface area contributed by atoms with Crippen molar-refractivity contribution in [3.8, 4) is 0 Å². The molecule has 2 saturated heterocycles. The number of nitrogens with zero attached hydrogens (tertiary/aromatic N) is 6. The third kappa shape index (κ3) is 2.71. The number of ether oxygens (including phenoxy) is 3. The molecule has 2 aliphatic heterocycles. The number of nitrogens with one attached hydrogen (secondary N) is 1. The molecule has 0 aromatic carbocycles. The fourth-order valence-corrected chi connectivity index (χ4v) is 3.39. The quantitative estimate of drug-likeness (QED) is 0.740. The molecular formula is C16H19N7O3. The van der Waals surface area contributed by atoms with Crippen molar-refractivity contribution in [2.45, 2.75) is 38.4 Å². The molecule has 2 fully saturated rings. The Labute approximate surface area is 149 Å². The van der Waals surface area contributed by atoms with Crippen molar-refractivity contribution in [1.29, 1.82) is 0 Å². The lowest BCUT2D eigenvalue weighted by Crippen LogP contribution is -2.35. The summed E-state index contributed by atoms with van der Waals surface area (Å²) in [4.78, 5) is 17.6. The van der Waals surface area contributed by atoms with Crippen LogP contribution in [0.3, 0.4) is 0 Å². The van der Waals surface area contributed by atoms with Gasteiger partial charge in [-0.25, -0.2) is 15.0 Å². The van der Waals surface area contributed by atoms with Gasteiger partial charge in [0, 0.05) is 18.8 Å². The number of rotatable bonds is 4. The van der Waals surface area contributed by atoms with Gasteiger partial charge < -0.3 is 24.1 Å². The number of fused-ring (bicyclic) bond motifs is 2. The maximum atomic E-state index is 6.10. The molecule has 0 amide bonds. The summed E-state index contributed by atoms with van der Waals surface area (Å²) in [5.74, 6) is 0.542. The normalized spacial score (nSPS) is 25.5. The highest BCUT2D eigenvalue weighted by molar-refractivity contribution is 5.74. The zero-order valence-electron chi connectivity index (χ0n) is 14.3. The lowest BCUT2D eigenvalue weighted by atomic mass is 10.2. The zero-order chi connectivity index (χ0) is 17.5. The Morgan fingerprint density at radius 2 is 2.23 bits per heavy atom. The zero-order valence-corrected chi connectivity index (χ0v) is 14.3. The molecule has 10 nitrogen and oxygen atoms in total. The first kappa shape index (κ1) is 15.7. The van der Waals surface area contributed by atoms with Gasteiger partial charge in [0.1, 0.15) is 24.6 Å². The molecule has 5 heterocycles. The lowest BCUT2D eigenvalue weighted by Gasteiger charge is -2.23. The van der Waals surface area contributed by atoms with E-state index in [0.29, 0.717) is 26.0 Å². The number of hydrogen-bond acceptors (Lipinski definition) is 8. The van der Waals surface area contributed by atoms with Gasteiger partial charge in [0.05, 0.1) is 37.7 Å². The average molecular weight is 357 g/mol. The highest BCUT2D eigenvalue weighted by Crippen LogP contribution is 2.34. The Bertz CT molecular complexity index is 896. The van der Waals surface area contributed by atoms with Crippen LogP contribution in [0.4, 0.5) is 5.95 Å². The van der Waals surface area contributed by atoms with Gasteiger partial charge >= 0.3 is 0 Å². The largest absolute Gasteiger partial charge is 0.353 e. The van der Waals surface area contributed by atoms with Crippen LogP contribution < -0.4 is 5.32 Å². The highest BCUT2D eigenvalue weighted by Gasteiger charge is 2.40. The third-order valence-electron chi connectivity index (χ3n) is 4.71. The fourth-order valence-electron chi connectivity index (χ4n) is 3.39. The van der Waals surface area contributed by atoms with Gasteiger partial charge in [-0.05, 0) is 6.92 Å². The Morgan fingerprint density at radius 1 is 1.27 bits per heavy atom. The van der Waals surface area contributed by atoms with Gasteiger partial charge in [0.25, 0.3) is 0 Å². The van der Waals surface area contributed by atoms with Crippen molar-refractivity contribution in [1.82, 2.24) is 29.1 Å². The van der Waals surface area contributed by atoms with Crippen LogP contribution in [0.5, 0.6) is 0 Å². The predicted octanol–water partition coefficient (Wildman–Crippen LogP) is 1.06. The first-order chi connectivity index (χ1) is 12.8. The van der Waals surface area contributed by atoms with Gasteiger partial charge in [-0.15, -0.1) is 0 Å². The Kier molecular flexibility index (Phi) is 3.80. The molecule has 0 aliphatic carbocycles. The summed E-state index contributed by atoms with van der Waals surface area (Å²) in [6, 6.07) is 0. The third-order valence-corrected chi connectivity index (χ3v) is 4.71. The second kappa shape index (κ2) is 6.31. The van der Waals surface area contributed by atoms with Gasteiger partial charge in [0.2, 0.25) is 5.95 Å². The van der Waals surface area contributed by atoms with E-state index < -0.39 is 0 Å². The molecule has 26 heavy (non-hydrogen) atoms. The summed E-state index contributed by atoms with van der Waals surface area (Å²) in [7, 11) is 0. The summed E-state index contributed by atoms with van der Waals surface area (Å²) in [6.45, 7) is 3.34. The summed E-state index contributed by atoms with van der Waals surface area (Å²) < 4.78 is 20.9. The van der Waals surface area contributed by atoms with Crippen LogP contribution in [0.2, 0.25) is 0 Å². The Morgan fingerprint density at radius 3 is 3.08 bits per heavy atom. The van der Waals surface area contributed by atoms with Gasteiger partial charge in [-0.1, -0.05) is 0 Å². The number of aromatic nitrogens is 6. The van der Waals surface area contributed by atoms with Gasteiger partial charge in [-0.3, -0.25) is 4.57 Å². The van der Waals surface area contributed by atoms with E-state index in [4.69, 9.17) is 14.2 Å². The molecule has 136 valence electrons. The van der Waals surface area contributed by atoms with Crippen molar-refractivity contribution in [3.05, 3.63) is 30.7 Å². The summed E-state index contributed by atoms with van der Waals surface area (Å²) in [6.07, 6.45) is 7.68. The standard InChI is InChI=1S/C16H19N7O3/c1-10-14-15(21-16(20-10)19-7-22-3-2-17-6-22)23(8-18-14)13-4-11-12(26-13)5-24-9-25-11/h2-3,6,8,11-13H,4-5,7,9H2,1H3,(H,19,20,21). The molecule has 2 aliphatic rings. The summed E-state index contributed by atoms with van der Waals surface area (Å²) in [5.41, 5.74) is 2.33. The number of hydrogen-bond donors (Lipinski definition) is 1. The lowest BCUT2D eigenvalue weighted by molar-refractivity contribution is -0.182. The molecule has 5 rings (SSSR count). The molecule has 0 bridgehead atoms. The highest BCUT2D eigenvalue weighted by atomic mass is 16.7. The monoisotopic (exact) mass is 357 g/mol. The van der Waals surface area contributed by atoms with Crippen molar-refractivity contribution < 1.29 is 14.2 Å². The first-order valence-corrected chi connectivity index (χ1v) is 8.53. The molecule has 3 atom stereocenters. The molecule has 3 aromatic heterocycles. The summed E-state index contributed by atoms with van der Waals surface area (Å²) >= 11 is 0. The van der Waals surface area contributed by atoms with E-state index in [1.807, 2.05) is 22.3 Å². The van der Waals surface area contributed by atoms with E-state index in [-0.39, 0.29) is 18.4 Å². The smallest absolute Gasteiger partial charge is 0.226 e. The maximum absolute atomic E-state index is 6.10. The number of imidazole rings is 2. The number of anilines is 1. The Balaban J connectivity index is 1.43. The minimum Gasteiger partial charge on any atom is -0.353 e. The minimum atomic E-state index is -0.174. The van der Waals surface area contributed by atoms with Crippen LogP contribution >= 0.6 is 0 Å². The molecule has 10 heteroatoms. The molecule has 1 N–H and O–H groups in total. The molecule has 3 aromatic rings. The van der Waals surface area contributed by atoms with Crippen LogP contribution in [0, 0.1) is 6.92 Å². The molecule has 0 saturated carbocycles. The average Bonchev–Trinajstić information content (AvgIpc) is 3.38. The molecule has 0 spiro atoms. The van der Waals surface area contributed by atoms with Crippen LogP contribution in [-0.2, 0) is 20.9 Å². The Hall–Kier alpha value is -2.56. The van der Waals surface area contributed by atoms with Gasteiger partial charge in [0.15, 0.2) is 5.65 Å². The topological polar surface area (TPSA) is 101 Å².